The van der Waals surface area contributed by atoms with Crippen LogP contribution < -0.4 is 5.32 Å². The molecule has 0 bridgehead atoms. The predicted octanol–water partition coefficient (Wildman–Crippen LogP) is 0.985. The third kappa shape index (κ3) is 4.35. The topological polar surface area (TPSA) is 59.1 Å². The molecule has 1 aromatic rings. The van der Waals surface area contributed by atoms with Crippen LogP contribution in [0.2, 0.25) is 0 Å². The van der Waals surface area contributed by atoms with Crippen molar-refractivity contribution in [3.05, 3.63) is 29.6 Å². The van der Waals surface area contributed by atoms with Gasteiger partial charge in [0.25, 0.3) is 0 Å². The van der Waals surface area contributed by atoms with Gasteiger partial charge in [0.1, 0.15) is 5.78 Å². The van der Waals surface area contributed by atoms with Gasteiger partial charge in [-0.1, -0.05) is 6.07 Å². The smallest absolute Gasteiger partial charge is 0.227 e. The average Bonchev–Trinajstić information content (AvgIpc) is 2.14. The summed E-state index contributed by atoms with van der Waals surface area (Å²) in [6.07, 6.45) is -0.0637. The fourth-order valence-corrected chi connectivity index (χ4v) is 1.18. The van der Waals surface area contributed by atoms with Crippen LogP contribution in [0.4, 0.5) is 0 Å². The second-order valence-corrected chi connectivity index (χ2v) is 3.43. The van der Waals surface area contributed by atoms with Gasteiger partial charge in [0.2, 0.25) is 5.91 Å². The van der Waals surface area contributed by atoms with Gasteiger partial charge in [-0.2, -0.15) is 0 Å². The molecule has 4 heteroatoms. The Labute approximate surface area is 88.7 Å². The molecule has 0 aliphatic rings. The zero-order chi connectivity index (χ0) is 11.3. The number of rotatable bonds is 4. The van der Waals surface area contributed by atoms with Gasteiger partial charge in [-0.3, -0.25) is 14.6 Å². The van der Waals surface area contributed by atoms with E-state index in [-0.39, 0.29) is 18.1 Å². The van der Waals surface area contributed by atoms with Crippen LogP contribution in [0.3, 0.4) is 0 Å². The molecule has 0 atom stereocenters. The number of Topliss-reactive ketones (excluding diaryl/α,β-unsaturated/α-hetero) is 1. The Balaban J connectivity index is 2.43. The van der Waals surface area contributed by atoms with E-state index in [0.29, 0.717) is 6.54 Å². The minimum atomic E-state index is -0.259. The molecule has 0 saturated heterocycles. The van der Waals surface area contributed by atoms with Gasteiger partial charge in [-0.15, -0.1) is 0 Å². The number of ketones is 1. The molecule has 1 rings (SSSR count). The van der Waals surface area contributed by atoms with Crippen LogP contribution >= 0.6 is 0 Å². The van der Waals surface area contributed by atoms with E-state index < -0.39 is 0 Å². The lowest BCUT2D eigenvalue weighted by Gasteiger charge is -2.03. The number of nitrogens with zero attached hydrogens (tertiary/aromatic N) is 1. The van der Waals surface area contributed by atoms with Crippen molar-refractivity contribution < 1.29 is 9.59 Å². The van der Waals surface area contributed by atoms with Crippen molar-refractivity contribution in [2.24, 2.45) is 0 Å². The highest BCUT2D eigenvalue weighted by atomic mass is 16.2. The van der Waals surface area contributed by atoms with Gasteiger partial charge in [-0.05, 0) is 26.0 Å². The lowest BCUT2D eigenvalue weighted by atomic mass is 10.3. The van der Waals surface area contributed by atoms with E-state index in [1.54, 1.807) is 0 Å². The Morgan fingerprint density at radius 1 is 1.40 bits per heavy atom. The molecule has 4 nitrogen and oxygen atoms in total. The Morgan fingerprint density at radius 2 is 2.13 bits per heavy atom. The average molecular weight is 206 g/mol. The SMILES string of the molecule is CC(=O)CC(=O)NCc1cccc(C)n1. The highest BCUT2D eigenvalue weighted by Crippen LogP contribution is 1.97. The molecule has 15 heavy (non-hydrogen) atoms. The number of hydrogen-bond acceptors (Lipinski definition) is 3. The van der Waals surface area contributed by atoms with Crippen molar-refractivity contribution in [3.8, 4) is 0 Å². The monoisotopic (exact) mass is 206 g/mol. The Morgan fingerprint density at radius 3 is 2.73 bits per heavy atom. The first-order valence-electron chi connectivity index (χ1n) is 4.76. The van der Waals surface area contributed by atoms with Crippen LogP contribution in [-0.4, -0.2) is 16.7 Å². The molecule has 1 N–H and O–H groups in total. The first-order valence-corrected chi connectivity index (χ1v) is 4.76. The molecule has 0 unspecified atom stereocenters. The van der Waals surface area contributed by atoms with E-state index in [2.05, 4.69) is 10.3 Å². The minimum absolute atomic E-state index is 0.0637. The summed E-state index contributed by atoms with van der Waals surface area (Å²) in [6.45, 7) is 3.65. The van der Waals surface area contributed by atoms with Crippen molar-refractivity contribution in [1.29, 1.82) is 0 Å². The maximum absolute atomic E-state index is 11.2. The maximum Gasteiger partial charge on any atom is 0.227 e. The fraction of sp³-hybridized carbons (Fsp3) is 0.364. The standard InChI is InChI=1S/C11H14N2O2/c1-8-4-3-5-10(13-8)7-12-11(15)6-9(2)14/h3-5H,6-7H2,1-2H3,(H,12,15). The van der Waals surface area contributed by atoms with E-state index in [9.17, 15) is 9.59 Å². The molecule has 1 amide bonds. The van der Waals surface area contributed by atoms with Gasteiger partial charge in [-0.25, -0.2) is 0 Å². The van der Waals surface area contributed by atoms with Gasteiger partial charge in [0.05, 0.1) is 18.7 Å². The fourth-order valence-electron chi connectivity index (χ4n) is 1.18. The number of carbonyl (C=O) groups is 2. The van der Waals surface area contributed by atoms with E-state index in [0.717, 1.165) is 11.4 Å². The maximum atomic E-state index is 11.2. The molecule has 80 valence electrons. The number of aromatic nitrogens is 1. The highest BCUT2D eigenvalue weighted by molar-refractivity contribution is 5.96. The van der Waals surface area contributed by atoms with Crippen LogP contribution in [0.15, 0.2) is 18.2 Å². The summed E-state index contributed by atoms with van der Waals surface area (Å²) in [5, 5.41) is 2.64. The Kier molecular flexibility index (Phi) is 3.97. The Hall–Kier alpha value is -1.71. The number of amides is 1. The van der Waals surface area contributed by atoms with Crippen LogP contribution in [0.5, 0.6) is 0 Å². The van der Waals surface area contributed by atoms with Gasteiger partial charge >= 0.3 is 0 Å². The zero-order valence-corrected chi connectivity index (χ0v) is 8.91. The normalized spacial score (nSPS) is 9.73. The molecule has 0 aromatic carbocycles. The van der Waals surface area contributed by atoms with E-state index >= 15 is 0 Å². The number of hydrogen-bond donors (Lipinski definition) is 1. The molecule has 0 radical (unpaired) electrons. The molecule has 1 aromatic heterocycles. The number of carbonyl (C=O) groups excluding carboxylic acids is 2. The zero-order valence-electron chi connectivity index (χ0n) is 8.91. The van der Waals surface area contributed by atoms with Crippen LogP contribution in [0.1, 0.15) is 24.7 Å². The molecule has 1 heterocycles. The van der Waals surface area contributed by atoms with Gasteiger partial charge in [0.15, 0.2) is 0 Å². The number of nitrogens with one attached hydrogen (secondary N) is 1. The first kappa shape index (κ1) is 11.4. The molecule has 0 aliphatic carbocycles. The van der Waals surface area contributed by atoms with Gasteiger partial charge in [0, 0.05) is 5.69 Å². The number of pyridine rings is 1. The summed E-state index contributed by atoms with van der Waals surface area (Å²) < 4.78 is 0. The molecular weight excluding hydrogens is 192 g/mol. The van der Waals surface area contributed by atoms with Gasteiger partial charge < -0.3 is 5.32 Å². The largest absolute Gasteiger partial charge is 0.350 e. The van der Waals surface area contributed by atoms with E-state index in [4.69, 9.17) is 0 Å². The molecule has 0 fully saturated rings. The minimum Gasteiger partial charge on any atom is -0.350 e. The number of aryl methyl sites for hydroxylation is 1. The second kappa shape index (κ2) is 5.24. The lowest BCUT2D eigenvalue weighted by Crippen LogP contribution is -2.24. The van der Waals surface area contributed by atoms with Crippen LogP contribution in [-0.2, 0) is 16.1 Å². The van der Waals surface area contributed by atoms with Crippen molar-refractivity contribution >= 4 is 11.7 Å². The second-order valence-electron chi connectivity index (χ2n) is 3.43. The molecule has 0 aliphatic heterocycles. The van der Waals surface area contributed by atoms with Crippen molar-refractivity contribution in [2.45, 2.75) is 26.8 Å². The summed E-state index contributed by atoms with van der Waals surface area (Å²) in [7, 11) is 0. The summed E-state index contributed by atoms with van der Waals surface area (Å²) in [5.41, 5.74) is 1.71. The van der Waals surface area contributed by atoms with Crippen molar-refractivity contribution in [2.75, 3.05) is 0 Å². The molecule has 0 spiro atoms. The molecule has 0 saturated carbocycles. The third-order valence-electron chi connectivity index (χ3n) is 1.82. The molecular formula is C11H14N2O2. The van der Waals surface area contributed by atoms with Crippen LogP contribution in [0.25, 0.3) is 0 Å². The van der Waals surface area contributed by atoms with E-state index in [1.165, 1.54) is 6.92 Å². The van der Waals surface area contributed by atoms with Crippen molar-refractivity contribution in [1.82, 2.24) is 10.3 Å². The lowest BCUT2D eigenvalue weighted by molar-refractivity contribution is -0.127. The highest BCUT2D eigenvalue weighted by Gasteiger charge is 2.04. The van der Waals surface area contributed by atoms with Crippen LogP contribution in [0, 0.1) is 6.92 Å². The quantitative estimate of drug-likeness (QED) is 0.747. The summed E-state index contributed by atoms with van der Waals surface area (Å²) >= 11 is 0. The predicted molar refractivity (Wildman–Crippen MR) is 56.1 cm³/mol. The summed E-state index contributed by atoms with van der Waals surface area (Å²) in [4.78, 5) is 26.0. The Bertz CT molecular complexity index is 375. The first-order chi connectivity index (χ1) is 7.08. The van der Waals surface area contributed by atoms with E-state index in [1.807, 2.05) is 25.1 Å². The summed E-state index contributed by atoms with van der Waals surface area (Å²) in [6, 6.07) is 5.61. The van der Waals surface area contributed by atoms with Crippen molar-refractivity contribution in [3.63, 3.8) is 0 Å². The summed E-state index contributed by atoms with van der Waals surface area (Å²) in [5.74, 6) is -0.393. The third-order valence-corrected chi connectivity index (χ3v) is 1.82.